The Hall–Kier alpha value is -0.910. The van der Waals surface area contributed by atoms with E-state index in [-0.39, 0.29) is 25.6 Å². The van der Waals surface area contributed by atoms with Crippen molar-refractivity contribution in [1.82, 2.24) is 0 Å². The maximum absolute atomic E-state index is 12.2. The minimum atomic E-state index is -3.64. The van der Waals surface area contributed by atoms with Crippen LogP contribution in [0, 0.1) is 5.92 Å². The molecular formula is C11H19O7P. The summed E-state index contributed by atoms with van der Waals surface area (Å²) in [7, 11) is -3.64. The lowest BCUT2D eigenvalue weighted by Gasteiger charge is -2.28. The lowest BCUT2D eigenvalue weighted by Crippen LogP contribution is -2.27. The minimum Gasteiger partial charge on any atom is -0.481 e. The summed E-state index contributed by atoms with van der Waals surface area (Å²) in [5.74, 6) is -3.44. The normalized spacial score (nSPS) is 24.4. The van der Waals surface area contributed by atoms with Gasteiger partial charge in [0.25, 0.3) is 0 Å². The molecule has 0 aromatic rings. The van der Waals surface area contributed by atoms with E-state index in [1.165, 1.54) is 0 Å². The van der Waals surface area contributed by atoms with Crippen LogP contribution < -0.4 is 0 Å². The number of carbonyl (C=O) groups is 2. The van der Waals surface area contributed by atoms with E-state index in [4.69, 9.17) is 14.9 Å². The third-order valence-corrected chi connectivity index (χ3v) is 5.76. The third kappa shape index (κ3) is 5.30. The molecule has 19 heavy (non-hydrogen) atoms. The molecule has 3 unspecified atom stereocenters. The molecule has 3 N–H and O–H groups in total. The summed E-state index contributed by atoms with van der Waals surface area (Å²) < 4.78 is 17.3. The van der Waals surface area contributed by atoms with Gasteiger partial charge in [-0.3, -0.25) is 14.2 Å². The van der Waals surface area contributed by atoms with E-state index in [9.17, 15) is 19.0 Å². The molecule has 1 heterocycles. The van der Waals surface area contributed by atoms with Crippen LogP contribution in [0.4, 0.5) is 0 Å². The van der Waals surface area contributed by atoms with Crippen LogP contribution in [0.25, 0.3) is 0 Å². The summed E-state index contributed by atoms with van der Waals surface area (Å²) in [6.07, 6.45) is 0.381. The molecule has 0 aromatic heterocycles. The maximum atomic E-state index is 12.2. The van der Waals surface area contributed by atoms with Crippen molar-refractivity contribution in [3.8, 4) is 0 Å². The van der Waals surface area contributed by atoms with E-state index in [2.05, 4.69) is 0 Å². The second-order valence-corrected chi connectivity index (χ2v) is 7.38. The van der Waals surface area contributed by atoms with Crippen LogP contribution in [-0.2, 0) is 18.9 Å². The van der Waals surface area contributed by atoms with Crippen LogP contribution in [0.5, 0.6) is 0 Å². The molecule has 0 aliphatic carbocycles. The predicted octanol–water partition coefficient (Wildman–Crippen LogP) is 1.00. The zero-order chi connectivity index (χ0) is 14.5. The first-order chi connectivity index (χ1) is 8.83. The number of hydrogen-bond acceptors (Lipinski definition) is 4. The monoisotopic (exact) mass is 294 g/mol. The van der Waals surface area contributed by atoms with E-state index in [1.54, 1.807) is 0 Å². The topological polar surface area (TPSA) is 121 Å². The van der Waals surface area contributed by atoms with Crippen LogP contribution in [0.2, 0.25) is 0 Å². The number of carboxylic acids is 2. The highest BCUT2D eigenvalue weighted by Crippen LogP contribution is 2.51. The van der Waals surface area contributed by atoms with Crippen molar-refractivity contribution in [2.24, 2.45) is 5.92 Å². The van der Waals surface area contributed by atoms with Crippen LogP contribution in [0.1, 0.15) is 25.7 Å². The third-order valence-electron chi connectivity index (χ3n) is 3.24. The van der Waals surface area contributed by atoms with Gasteiger partial charge in [-0.05, 0) is 19.3 Å². The average molecular weight is 294 g/mol. The first-order valence-electron chi connectivity index (χ1n) is 6.17. The van der Waals surface area contributed by atoms with E-state index >= 15 is 0 Å². The lowest BCUT2D eigenvalue weighted by atomic mass is 10.1. The van der Waals surface area contributed by atoms with Gasteiger partial charge in [0.2, 0.25) is 7.37 Å². The fourth-order valence-corrected chi connectivity index (χ4v) is 4.29. The average Bonchev–Trinajstić information content (AvgIpc) is 2.35. The van der Waals surface area contributed by atoms with Gasteiger partial charge < -0.3 is 19.8 Å². The van der Waals surface area contributed by atoms with Crippen molar-refractivity contribution in [3.63, 3.8) is 0 Å². The summed E-state index contributed by atoms with van der Waals surface area (Å²) in [5, 5.41) is 17.5. The molecule has 1 aliphatic heterocycles. The van der Waals surface area contributed by atoms with Gasteiger partial charge in [0, 0.05) is 19.2 Å². The van der Waals surface area contributed by atoms with Gasteiger partial charge in [0.1, 0.15) is 0 Å². The number of ether oxygens (including phenoxy) is 1. The summed E-state index contributed by atoms with van der Waals surface area (Å²) in [6, 6.07) is 0. The lowest BCUT2D eigenvalue weighted by molar-refractivity contribution is -0.142. The quantitative estimate of drug-likeness (QED) is 0.599. The summed E-state index contributed by atoms with van der Waals surface area (Å²) >= 11 is 0. The number of rotatable bonds is 7. The van der Waals surface area contributed by atoms with Crippen molar-refractivity contribution in [2.45, 2.75) is 31.3 Å². The minimum absolute atomic E-state index is 0.136. The molecule has 1 rings (SSSR count). The van der Waals surface area contributed by atoms with Crippen molar-refractivity contribution in [2.75, 3.05) is 19.4 Å². The zero-order valence-corrected chi connectivity index (χ0v) is 11.4. The van der Waals surface area contributed by atoms with Gasteiger partial charge in [-0.15, -0.1) is 0 Å². The van der Waals surface area contributed by atoms with Crippen LogP contribution >= 0.6 is 7.37 Å². The van der Waals surface area contributed by atoms with Crippen molar-refractivity contribution >= 4 is 19.3 Å². The molecule has 3 atom stereocenters. The van der Waals surface area contributed by atoms with Gasteiger partial charge in [-0.2, -0.15) is 0 Å². The first kappa shape index (κ1) is 16.1. The molecule has 0 bridgehead atoms. The smallest absolute Gasteiger partial charge is 0.307 e. The molecule has 0 aromatic carbocycles. The number of hydrogen-bond donors (Lipinski definition) is 3. The summed E-state index contributed by atoms with van der Waals surface area (Å²) in [5.41, 5.74) is -0.534. The Morgan fingerprint density at radius 1 is 1.37 bits per heavy atom. The Morgan fingerprint density at radius 3 is 2.53 bits per heavy atom. The van der Waals surface area contributed by atoms with E-state index in [1.807, 2.05) is 0 Å². The molecule has 8 heteroatoms. The maximum Gasteiger partial charge on any atom is 0.307 e. The number of carboxylic acid groups (broad SMARTS) is 2. The summed E-state index contributed by atoms with van der Waals surface area (Å²) in [4.78, 5) is 31.5. The molecule has 0 saturated carbocycles. The second-order valence-electron chi connectivity index (χ2n) is 4.78. The molecule has 0 amide bonds. The molecule has 7 nitrogen and oxygen atoms in total. The SMILES string of the molecule is O=C(O)CCC(CP(=O)(O)C1CCCOC1)C(=O)O. The van der Waals surface area contributed by atoms with Gasteiger partial charge in [0.15, 0.2) is 0 Å². The van der Waals surface area contributed by atoms with Crippen LogP contribution in [0.3, 0.4) is 0 Å². The highest BCUT2D eigenvalue weighted by molar-refractivity contribution is 7.58. The van der Waals surface area contributed by atoms with Crippen LogP contribution in [-0.4, -0.2) is 52.1 Å². The Kier molecular flexibility index (Phi) is 5.97. The highest BCUT2D eigenvalue weighted by atomic mass is 31.2. The van der Waals surface area contributed by atoms with E-state index in [0.29, 0.717) is 19.4 Å². The van der Waals surface area contributed by atoms with Gasteiger partial charge >= 0.3 is 11.9 Å². The number of aliphatic carboxylic acids is 2. The van der Waals surface area contributed by atoms with E-state index < -0.39 is 30.9 Å². The largest absolute Gasteiger partial charge is 0.481 e. The van der Waals surface area contributed by atoms with Gasteiger partial charge in [-0.1, -0.05) is 0 Å². The van der Waals surface area contributed by atoms with Crippen LogP contribution in [0.15, 0.2) is 0 Å². The first-order valence-corrected chi connectivity index (χ1v) is 8.08. The highest BCUT2D eigenvalue weighted by Gasteiger charge is 2.37. The fraction of sp³-hybridized carbons (Fsp3) is 0.818. The molecule has 1 saturated heterocycles. The molecule has 1 aliphatic rings. The Bertz CT molecular complexity index is 375. The zero-order valence-electron chi connectivity index (χ0n) is 10.5. The Morgan fingerprint density at radius 2 is 2.05 bits per heavy atom. The van der Waals surface area contributed by atoms with E-state index in [0.717, 1.165) is 0 Å². The second kappa shape index (κ2) is 7.03. The van der Waals surface area contributed by atoms with Crippen molar-refractivity contribution < 1.29 is 34.0 Å². The molecule has 0 radical (unpaired) electrons. The van der Waals surface area contributed by atoms with Crippen molar-refractivity contribution in [3.05, 3.63) is 0 Å². The fourth-order valence-electron chi connectivity index (χ4n) is 2.10. The Labute approximate surface area is 111 Å². The molecule has 110 valence electrons. The molecule has 0 spiro atoms. The standard InChI is InChI=1S/C11H19O7P/c12-10(13)4-3-8(11(14)15)7-19(16,17)9-2-1-5-18-6-9/h8-9H,1-7H2,(H,12,13)(H,14,15)(H,16,17). The van der Waals surface area contributed by atoms with Gasteiger partial charge in [0.05, 0.1) is 18.2 Å². The Balaban J connectivity index is 2.62. The summed E-state index contributed by atoms with van der Waals surface area (Å²) in [6.45, 7) is 0.719. The molecule has 1 fully saturated rings. The van der Waals surface area contributed by atoms with Crippen molar-refractivity contribution in [1.29, 1.82) is 0 Å². The van der Waals surface area contributed by atoms with Gasteiger partial charge in [-0.25, -0.2) is 0 Å². The molecular weight excluding hydrogens is 275 g/mol. The predicted molar refractivity (Wildman–Crippen MR) is 66.5 cm³/mol.